The molecule has 1 rings (SSSR count). The number of carbonyl (C=O) groups excluding carboxylic acids is 1. The third-order valence-corrected chi connectivity index (χ3v) is 2.71. The van der Waals surface area contributed by atoms with Crippen molar-refractivity contribution < 1.29 is 14.7 Å². The summed E-state index contributed by atoms with van der Waals surface area (Å²) in [5.74, 6) is 3.87. The monoisotopic (exact) mass is 287 g/mol. The van der Waals surface area contributed by atoms with Crippen LogP contribution in [0.25, 0.3) is 0 Å². The van der Waals surface area contributed by atoms with Crippen LogP contribution in [0.2, 0.25) is 0 Å². The number of rotatable bonds is 4. The maximum Gasteiger partial charge on any atom is 0.305 e. The molecule has 21 heavy (non-hydrogen) atoms. The van der Waals surface area contributed by atoms with Gasteiger partial charge in [0.15, 0.2) is 0 Å². The molecule has 0 saturated heterocycles. The molecular weight excluding hydrogens is 266 g/mol. The van der Waals surface area contributed by atoms with Gasteiger partial charge < -0.3 is 10.4 Å². The quantitative estimate of drug-likeness (QED) is 0.836. The highest BCUT2D eigenvalue weighted by Gasteiger charge is 2.22. The van der Waals surface area contributed by atoms with Crippen molar-refractivity contribution in [1.29, 1.82) is 0 Å². The summed E-state index contributed by atoms with van der Waals surface area (Å²) < 4.78 is 0. The van der Waals surface area contributed by atoms with Crippen molar-refractivity contribution in [3.05, 3.63) is 35.9 Å². The predicted molar refractivity (Wildman–Crippen MR) is 81.6 cm³/mol. The molecule has 112 valence electrons. The molecule has 0 heterocycles. The van der Waals surface area contributed by atoms with Gasteiger partial charge in [0.1, 0.15) is 0 Å². The van der Waals surface area contributed by atoms with Gasteiger partial charge in [-0.25, -0.2) is 0 Å². The first kappa shape index (κ1) is 16.8. The molecule has 0 radical (unpaired) electrons. The Morgan fingerprint density at radius 3 is 2.38 bits per heavy atom. The van der Waals surface area contributed by atoms with Crippen molar-refractivity contribution >= 4 is 11.9 Å². The van der Waals surface area contributed by atoms with Gasteiger partial charge in [0.2, 0.25) is 0 Å². The number of carbonyl (C=O) groups is 2. The van der Waals surface area contributed by atoms with Crippen LogP contribution in [0.3, 0.4) is 0 Å². The van der Waals surface area contributed by atoms with E-state index in [9.17, 15) is 9.59 Å². The number of nitrogens with one attached hydrogen (secondary N) is 1. The molecule has 4 nitrogen and oxygen atoms in total. The summed E-state index contributed by atoms with van der Waals surface area (Å²) in [4.78, 5) is 22.7. The molecule has 1 amide bonds. The van der Waals surface area contributed by atoms with Crippen LogP contribution in [0.4, 0.5) is 0 Å². The van der Waals surface area contributed by atoms with Crippen molar-refractivity contribution in [1.82, 2.24) is 5.32 Å². The Kier molecular flexibility index (Phi) is 5.98. The maximum absolute atomic E-state index is 11.8. The second-order valence-corrected chi connectivity index (χ2v) is 6.15. The number of carboxylic acids is 1. The van der Waals surface area contributed by atoms with E-state index in [1.54, 1.807) is 0 Å². The lowest BCUT2D eigenvalue weighted by Crippen LogP contribution is -2.38. The predicted octanol–water partition coefficient (Wildman–Crippen LogP) is 2.43. The number of hydrogen-bond acceptors (Lipinski definition) is 2. The van der Waals surface area contributed by atoms with Gasteiger partial charge in [-0.3, -0.25) is 9.59 Å². The van der Waals surface area contributed by atoms with Crippen molar-refractivity contribution in [2.24, 2.45) is 5.41 Å². The second kappa shape index (κ2) is 7.49. The minimum absolute atomic E-state index is 0.0692. The molecule has 1 atom stereocenters. The van der Waals surface area contributed by atoms with E-state index >= 15 is 0 Å². The summed E-state index contributed by atoms with van der Waals surface area (Å²) >= 11 is 0. The molecule has 0 bridgehead atoms. The molecule has 4 heteroatoms. The van der Waals surface area contributed by atoms with E-state index < -0.39 is 17.9 Å². The lowest BCUT2D eigenvalue weighted by atomic mass is 9.87. The number of benzene rings is 1. The van der Waals surface area contributed by atoms with E-state index in [2.05, 4.69) is 17.2 Å². The highest BCUT2D eigenvalue weighted by Crippen LogP contribution is 2.22. The highest BCUT2D eigenvalue weighted by atomic mass is 16.4. The largest absolute Gasteiger partial charge is 0.481 e. The standard InChI is InChI=1S/C17H21NO3/c1-17(2,3)12-14(11-16(20)21)18-15(19)10-9-13-7-5-4-6-8-13/h4-8,14H,11-12H2,1-3H3,(H,18,19)(H,20,21). The molecule has 0 aliphatic heterocycles. The zero-order chi connectivity index (χ0) is 15.9. The fourth-order valence-corrected chi connectivity index (χ4v) is 2.00. The molecule has 1 aromatic rings. The molecular formula is C17H21NO3. The summed E-state index contributed by atoms with van der Waals surface area (Å²) in [5, 5.41) is 11.6. The van der Waals surface area contributed by atoms with E-state index in [0.29, 0.717) is 6.42 Å². The Labute approximate surface area is 125 Å². The number of aliphatic carboxylic acids is 1. The van der Waals surface area contributed by atoms with Gasteiger partial charge in [0.05, 0.1) is 6.42 Å². The molecule has 2 N–H and O–H groups in total. The van der Waals surface area contributed by atoms with Crippen LogP contribution in [0.5, 0.6) is 0 Å². The first-order chi connectivity index (χ1) is 9.76. The number of amides is 1. The Hall–Kier alpha value is -2.28. The minimum atomic E-state index is -0.930. The van der Waals surface area contributed by atoms with Crippen molar-refractivity contribution in [2.45, 2.75) is 39.7 Å². The first-order valence-electron chi connectivity index (χ1n) is 6.85. The maximum atomic E-state index is 11.8. The van der Waals surface area contributed by atoms with E-state index in [-0.39, 0.29) is 11.8 Å². The van der Waals surface area contributed by atoms with Crippen molar-refractivity contribution in [2.75, 3.05) is 0 Å². The van der Waals surface area contributed by atoms with Gasteiger partial charge in [-0.2, -0.15) is 0 Å². The minimum Gasteiger partial charge on any atom is -0.481 e. The molecule has 1 unspecified atom stereocenters. The van der Waals surface area contributed by atoms with Gasteiger partial charge in [-0.05, 0) is 24.0 Å². The van der Waals surface area contributed by atoms with Crippen LogP contribution in [-0.2, 0) is 9.59 Å². The fraction of sp³-hybridized carbons (Fsp3) is 0.412. The van der Waals surface area contributed by atoms with E-state index in [1.807, 2.05) is 51.1 Å². The topological polar surface area (TPSA) is 66.4 Å². The Morgan fingerprint density at radius 1 is 1.24 bits per heavy atom. The summed E-state index contributed by atoms with van der Waals surface area (Å²) in [6.45, 7) is 6.01. The summed E-state index contributed by atoms with van der Waals surface area (Å²) in [7, 11) is 0. The lowest BCUT2D eigenvalue weighted by molar-refractivity contribution is -0.137. The molecule has 0 fully saturated rings. The van der Waals surface area contributed by atoms with Crippen LogP contribution in [0.15, 0.2) is 30.3 Å². The van der Waals surface area contributed by atoms with Crippen LogP contribution < -0.4 is 5.32 Å². The summed E-state index contributed by atoms with van der Waals surface area (Å²) in [5.41, 5.74) is 0.679. The second-order valence-electron chi connectivity index (χ2n) is 6.15. The van der Waals surface area contributed by atoms with Crippen molar-refractivity contribution in [3.8, 4) is 11.8 Å². The SMILES string of the molecule is CC(C)(C)CC(CC(=O)O)NC(=O)C#Cc1ccccc1. The number of carboxylic acid groups (broad SMARTS) is 1. The summed E-state index contributed by atoms with van der Waals surface area (Å²) in [6.07, 6.45) is 0.480. The highest BCUT2D eigenvalue weighted by molar-refractivity contribution is 5.94. The van der Waals surface area contributed by atoms with Gasteiger partial charge in [0.25, 0.3) is 5.91 Å². The Morgan fingerprint density at radius 2 is 1.86 bits per heavy atom. The van der Waals surface area contributed by atoms with Crippen LogP contribution >= 0.6 is 0 Å². The van der Waals surface area contributed by atoms with E-state index in [4.69, 9.17) is 5.11 Å². The third kappa shape index (κ3) is 7.78. The average molecular weight is 287 g/mol. The van der Waals surface area contributed by atoms with Gasteiger partial charge in [-0.15, -0.1) is 0 Å². The smallest absolute Gasteiger partial charge is 0.305 e. The van der Waals surface area contributed by atoms with Crippen LogP contribution in [-0.4, -0.2) is 23.0 Å². The molecule has 0 aromatic heterocycles. The zero-order valence-electron chi connectivity index (χ0n) is 12.6. The van der Waals surface area contributed by atoms with Crippen molar-refractivity contribution in [3.63, 3.8) is 0 Å². The molecule has 0 saturated carbocycles. The Bertz CT molecular complexity index is 547. The van der Waals surface area contributed by atoms with Gasteiger partial charge in [0, 0.05) is 17.5 Å². The lowest BCUT2D eigenvalue weighted by Gasteiger charge is -2.25. The first-order valence-corrected chi connectivity index (χ1v) is 6.85. The van der Waals surface area contributed by atoms with E-state index in [0.717, 1.165) is 5.56 Å². The normalized spacial score (nSPS) is 12.0. The average Bonchev–Trinajstić information content (AvgIpc) is 2.34. The molecule has 0 aliphatic carbocycles. The number of hydrogen-bond donors (Lipinski definition) is 2. The molecule has 0 spiro atoms. The zero-order valence-corrected chi connectivity index (χ0v) is 12.6. The molecule has 1 aromatic carbocycles. The third-order valence-electron chi connectivity index (χ3n) is 2.71. The fourth-order valence-electron chi connectivity index (χ4n) is 2.00. The van der Waals surface area contributed by atoms with Crippen LogP contribution in [0.1, 0.15) is 39.2 Å². The molecule has 0 aliphatic rings. The van der Waals surface area contributed by atoms with Gasteiger partial charge >= 0.3 is 5.97 Å². The van der Waals surface area contributed by atoms with E-state index in [1.165, 1.54) is 0 Å². The summed E-state index contributed by atoms with van der Waals surface area (Å²) in [6, 6.07) is 8.76. The Balaban J connectivity index is 2.68. The van der Waals surface area contributed by atoms with Gasteiger partial charge in [-0.1, -0.05) is 44.9 Å². The van der Waals surface area contributed by atoms with Crippen LogP contribution in [0, 0.1) is 17.3 Å².